The zero-order valence-electron chi connectivity index (χ0n) is 31.0. The molecule has 4 heterocycles. The summed E-state index contributed by atoms with van der Waals surface area (Å²) >= 11 is 6.21. The third-order valence-electron chi connectivity index (χ3n) is 10.4. The number of fused-ring (bicyclic) bond motifs is 2. The second kappa shape index (κ2) is 16.0. The number of carbonyl (C=O) groups excluding carboxylic acids is 4. The van der Waals surface area contributed by atoms with E-state index >= 15 is 0 Å². The second-order valence-electron chi connectivity index (χ2n) is 14.1. The van der Waals surface area contributed by atoms with Gasteiger partial charge in [0, 0.05) is 37.3 Å². The molecular weight excluding hydrogens is 751 g/mol. The largest absolute Gasteiger partial charge is 0.488 e. The monoisotopic (exact) mass is 788 g/mol. The van der Waals surface area contributed by atoms with Crippen molar-refractivity contribution in [2.24, 2.45) is 0 Å². The van der Waals surface area contributed by atoms with E-state index in [9.17, 15) is 23.6 Å². The number of esters is 1. The summed E-state index contributed by atoms with van der Waals surface area (Å²) in [6, 6.07) is 23.6. The van der Waals surface area contributed by atoms with Crippen molar-refractivity contribution in [1.29, 1.82) is 0 Å². The fraction of sp³-hybridized carbons (Fsp3) is 0.256. The van der Waals surface area contributed by atoms with Gasteiger partial charge in [-0.25, -0.2) is 13.9 Å². The Hall–Kier alpha value is -6.34. The molecule has 4 aromatic carbocycles. The number of benzene rings is 4. The maximum atomic E-state index is 13.7. The van der Waals surface area contributed by atoms with Crippen LogP contribution in [-0.4, -0.2) is 85.4 Å². The minimum absolute atomic E-state index is 0.135. The Morgan fingerprint density at radius 3 is 2.35 bits per heavy atom. The molecule has 1 saturated heterocycles. The number of amides is 3. The number of likely N-dealkylation sites (tertiary alicyclic amines) is 1. The van der Waals surface area contributed by atoms with Gasteiger partial charge in [0.2, 0.25) is 0 Å². The summed E-state index contributed by atoms with van der Waals surface area (Å²) in [5.41, 5.74) is 4.36. The first-order valence-electron chi connectivity index (χ1n) is 18.8. The standard InChI is InChI=1S/C43H38ClFN6O6/c1-56-43(55)39-22-31(25-50(39)40(52)28-23-46-51(24-28)38-17-16-29(45)21-36(38)44)57-30-11-8-10-27(20-30)32-14-9-15-37-35(32)26-48(47-37)18-6-2-3-7-19-49-41(53)33-12-4-5-13-34(33)42(49)54/h4-5,8-17,20-21,23-24,26,31,39H,2-3,6-7,18-19,22,25H2,1H3/t31-,39-/m0/s1. The van der Waals surface area contributed by atoms with Crippen LogP contribution in [0.1, 0.15) is 63.2 Å². The number of carbonyl (C=O) groups is 4. The van der Waals surface area contributed by atoms with E-state index in [0.717, 1.165) is 60.3 Å². The number of hydrogen-bond acceptors (Lipinski definition) is 8. The summed E-state index contributed by atoms with van der Waals surface area (Å²) < 4.78 is 28.4. The summed E-state index contributed by atoms with van der Waals surface area (Å²) in [6.45, 7) is 1.27. The lowest BCUT2D eigenvalue weighted by molar-refractivity contribution is -0.145. The van der Waals surface area contributed by atoms with E-state index in [1.807, 2.05) is 53.3 Å². The predicted octanol–water partition coefficient (Wildman–Crippen LogP) is 7.37. The van der Waals surface area contributed by atoms with Crippen molar-refractivity contribution in [2.75, 3.05) is 20.2 Å². The average Bonchev–Trinajstić information content (AvgIpc) is 4.02. The van der Waals surface area contributed by atoms with Crippen LogP contribution < -0.4 is 4.74 Å². The quantitative estimate of drug-likeness (QED) is 0.0674. The Kier molecular flexibility index (Phi) is 10.6. The van der Waals surface area contributed by atoms with Gasteiger partial charge in [0.25, 0.3) is 17.7 Å². The van der Waals surface area contributed by atoms with Crippen LogP contribution in [0.4, 0.5) is 4.39 Å². The lowest BCUT2D eigenvalue weighted by Gasteiger charge is -2.21. The van der Waals surface area contributed by atoms with Gasteiger partial charge in [0.1, 0.15) is 23.7 Å². The predicted molar refractivity (Wildman–Crippen MR) is 210 cm³/mol. The molecule has 0 aliphatic carbocycles. The Bertz CT molecular complexity index is 2480. The van der Waals surface area contributed by atoms with Gasteiger partial charge in [0.15, 0.2) is 0 Å². The van der Waals surface area contributed by atoms with Crippen LogP contribution in [0.5, 0.6) is 5.75 Å². The van der Waals surface area contributed by atoms with E-state index in [0.29, 0.717) is 29.1 Å². The first-order chi connectivity index (χ1) is 27.7. The third-order valence-corrected chi connectivity index (χ3v) is 10.7. The molecule has 6 aromatic rings. The molecule has 0 radical (unpaired) electrons. The van der Waals surface area contributed by atoms with Crippen molar-refractivity contribution < 1.29 is 33.0 Å². The van der Waals surface area contributed by atoms with Gasteiger partial charge in [-0.1, -0.05) is 60.8 Å². The molecule has 12 nitrogen and oxygen atoms in total. The summed E-state index contributed by atoms with van der Waals surface area (Å²) in [7, 11) is 1.28. The molecule has 2 aliphatic heterocycles. The van der Waals surface area contributed by atoms with Crippen LogP contribution >= 0.6 is 11.6 Å². The van der Waals surface area contributed by atoms with E-state index in [1.165, 1.54) is 46.1 Å². The van der Waals surface area contributed by atoms with E-state index < -0.39 is 29.8 Å². The lowest BCUT2D eigenvalue weighted by Crippen LogP contribution is -2.41. The lowest BCUT2D eigenvalue weighted by atomic mass is 10.0. The van der Waals surface area contributed by atoms with Gasteiger partial charge < -0.3 is 14.4 Å². The topological polar surface area (TPSA) is 129 Å². The zero-order valence-corrected chi connectivity index (χ0v) is 31.8. The van der Waals surface area contributed by atoms with E-state index in [2.05, 4.69) is 5.10 Å². The Labute approximate surface area is 332 Å². The Balaban J connectivity index is 0.891. The van der Waals surface area contributed by atoms with E-state index in [4.69, 9.17) is 26.2 Å². The first kappa shape index (κ1) is 37.6. The summed E-state index contributed by atoms with van der Waals surface area (Å²) in [5, 5.41) is 10.2. The van der Waals surface area contributed by atoms with E-state index in [1.54, 1.807) is 24.3 Å². The molecule has 2 aliphatic rings. The van der Waals surface area contributed by atoms with Crippen molar-refractivity contribution in [2.45, 2.75) is 50.8 Å². The summed E-state index contributed by atoms with van der Waals surface area (Å²) in [4.78, 5) is 54.7. The molecule has 8 rings (SSSR count). The van der Waals surface area contributed by atoms with Crippen LogP contribution in [0.25, 0.3) is 27.7 Å². The minimum atomic E-state index is -0.871. The van der Waals surface area contributed by atoms with E-state index in [-0.39, 0.29) is 35.4 Å². The molecule has 0 spiro atoms. The highest BCUT2D eigenvalue weighted by molar-refractivity contribution is 6.32. The number of unbranched alkanes of at least 4 members (excludes halogenated alkanes) is 3. The zero-order chi connectivity index (χ0) is 39.6. The van der Waals surface area contributed by atoms with Crippen molar-refractivity contribution in [3.8, 4) is 22.6 Å². The molecule has 2 aromatic heterocycles. The molecular formula is C43H38ClFN6O6. The highest BCUT2D eigenvalue weighted by atomic mass is 35.5. The van der Waals surface area contributed by atoms with Crippen molar-refractivity contribution in [3.05, 3.63) is 131 Å². The number of hydrogen-bond donors (Lipinski definition) is 0. The maximum absolute atomic E-state index is 13.7. The molecule has 1 fully saturated rings. The smallest absolute Gasteiger partial charge is 0.328 e. The summed E-state index contributed by atoms with van der Waals surface area (Å²) in [5.74, 6) is -1.32. The Morgan fingerprint density at radius 1 is 0.860 bits per heavy atom. The van der Waals surface area contributed by atoms with Gasteiger partial charge in [-0.15, -0.1) is 0 Å². The third kappa shape index (κ3) is 7.62. The van der Waals surface area contributed by atoms with Crippen LogP contribution in [0.15, 0.2) is 104 Å². The van der Waals surface area contributed by atoms with Gasteiger partial charge in [0.05, 0.1) is 52.8 Å². The highest BCUT2D eigenvalue weighted by Crippen LogP contribution is 2.33. The number of imide groups is 1. The molecule has 290 valence electrons. The molecule has 0 N–H and O–H groups in total. The van der Waals surface area contributed by atoms with Gasteiger partial charge in [-0.05, 0) is 72.5 Å². The number of nitrogens with zero attached hydrogens (tertiary/aromatic N) is 6. The second-order valence-corrected chi connectivity index (χ2v) is 14.5. The number of halogens is 2. The minimum Gasteiger partial charge on any atom is -0.488 e. The van der Waals surface area contributed by atoms with Crippen LogP contribution in [0.2, 0.25) is 5.02 Å². The van der Waals surface area contributed by atoms with Gasteiger partial charge in [-0.2, -0.15) is 10.2 Å². The highest BCUT2D eigenvalue weighted by Gasteiger charge is 2.42. The molecule has 0 saturated carbocycles. The fourth-order valence-corrected chi connectivity index (χ4v) is 7.85. The Morgan fingerprint density at radius 2 is 1.60 bits per heavy atom. The first-order valence-corrected chi connectivity index (χ1v) is 19.1. The maximum Gasteiger partial charge on any atom is 0.328 e. The van der Waals surface area contributed by atoms with Crippen molar-refractivity contribution in [1.82, 2.24) is 29.4 Å². The van der Waals surface area contributed by atoms with Crippen LogP contribution in [0.3, 0.4) is 0 Å². The van der Waals surface area contributed by atoms with Crippen molar-refractivity contribution >= 4 is 46.2 Å². The SMILES string of the molecule is COC(=O)[C@@H]1C[C@H](Oc2cccc(-c3cccc4nn(CCCCCCN5C(=O)c6ccccc6C5=O)cc34)c2)CN1C(=O)c1cnn(-c2ccc(F)cc2Cl)c1. The van der Waals surface area contributed by atoms with Crippen LogP contribution in [0, 0.1) is 5.82 Å². The molecule has 14 heteroatoms. The molecule has 0 unspecified atom stereocenters. The normalized spacial score (nSPS) is 16.4. The number of rotatable bonds is 13. The molecule has 0 bridgehead atoms. The molecule has 57 heavy (non-hydrogen) atoms. The summed E-state index contributed by atoms with van der Waals surface area (Å²) in [6.07, 6.45) is 8.09. The number of ether oxygens (including phenoxy) is 2. The molecule has 2 atom stereocenters. The van der Waals surface area contributed by atoms with Crippen LogP contribution in [-0.2, 0) is 16.1 Å². The van der Waals surface area contributed by atoms with Gasteiger partial charge in [-0.3, -0.25) is 24.0 Å². The van der Waals surface area contributed by atoms with Crippen molar-refractivity contribution in [3.63, 3.8) is 0 Å². The van der Waals surface area contributed by atoms with Gasteiger partial charge >= 0.3 is 5.97 Å². The number of aromatic nitrogens is 4. The molecule has 3 amide bonds. The number of aryl methyl sites for hydroxylation is 1. The average molecular weight is 789 g/mol. The number of methoxy groups -OCH3 is 1. The fourth-order valence-electron chi connectivity index (χ4n) is 7.59.